The molecule has 3 aliphatic rings. The van der Waals surface area contributed by atoms with Crippen molar-refractivity contribution in [2.45, 2.75) is 20.3 Å². The molecular formula is C21H24N4O2S. The third-order valence-corrected chi connectivity index (χ3v) is 7.18. The summed E-state index contributed by atoms with van der Waals surface area (Å²) in [4.78, 5) is 33.4. The van der Waals surface area contributed by atoms with Crippen LogP contribution < -0.4 is 10.2 Å². The van der Waals surface area contributed by atoms with E-state index in [0.29, 0.717) is 11.3 Å². The number of nitrogens with zero attached hydrogens (tertiary/aromatic N) is 3. The summed E-state index contributed by atoms with van der Waals surface area (Å²) in [6.45, 7) is 9.02. The summed E-state index contributed by atoms with van der Waals surface area (Å²) in [5, 5.41) is 4.81. The SMILES string of the molecule is CCN1CCC2(C1)CN(C(=O)N1c3ccccc3NC(=O)c3csc(C)c31)C2. The molecule has 1 aromatic heterocycles. The number of thiophene rings is 1. The number of carbonyl (C=O) groups is 2. The maximum Gasteiger partial charge on any atom is 0.329 e. The van der Waals surface area contributed by atoms with E-state index < -0.39 is 0 Å². The molecule has 1 aromatic carbocycles. The number of nitrogens with one attached hydrogen (secondary N) is 1. The molecule has 2 fully saturated rings. The van der Waals surface area contributed by atoms with Gasteiger partial charge in [0.2, 0.25) is 0 Å². The van der Waals surface area contributed by atoms with Crippen LogP contribution in [0.15, 0.2) is 29.6 Å². The van der Waals surface area contributed by atoms with Gasteiger partial charge in [0.05, 0.1) is 22.6 Å². The number of anilines is 3. The van der Waals surface area contributed by atoms with Crippen molar-refractivity contribution in [3.05, 3.63) is 40.1 Å². The first kappa shape index (κ1) is 17.7. The molecule has 5 rings (SSSR count). The molecule has 0 bridgehead atoms. The average Bonchev–Trinajstić information content (AvgIpc) is 3.23. The van der Waals surface area contributed by atoms with Crippen molar-refractivity contribution in [3.63, 3.8) is 0 Å². The van der Waals surface area contributed by atoms with Gasteiger partial charge in [-0.15, -0.1) is 11.3 Å². The van der Waals surface area contributed by atoms with Crippen molar-refractivity contribution in [3.8, 4) is 0 Å². The van der Waals surface area contributed by atoms with E-state index in [9.17, 15) is 9.59 Å². The van der Waals surface area contributed by atoms with Gasteiger partial charge in [0.15, 0.2) is 0 Å². The molecule has 3 aliphatic heterocycles. The number of carbonyl (C=O) groups excluding carboxylic acids is 2. The fourth-order valence-electron chi connectivity index (χ4n) is 4.77. The first-order chi connectivity index (χ1) is 13.5. The highest BCUT2D eigenvalue weighted by molar-refractivity contribution is 7.11. The first-order valence-electron chi connectivity index (χ1n) is 9.81. The number of fused-ring (bicyclic) bond motifs is 2. The normalized spacial score (nSPS) is 20.4. The van der Waals surface area contributed by atoms with E-state index in [4.69, 9.17) is 0 Å². The highest BCUT2D eigenvalue weighted by Crippen LogP contribution is 2.45. The lowest BCUT2D eigenvalue weighted by Gasteiger charge is -2.49. The summed E-state index contributed by atoms with van der Waals surface area (Å²) in [6, 6.07) is 7.51. The van der Waals surface area contributed by atoms with Gasteiger partial charge in [-0.1, -0.05) is 19.1 Å². The molecule has 1 spiro atoms. The van der Waals surface area contributed by atoms with E-state index in [1.54, 1.807) is 4.90 Å². The van der Waals surface area contributed by atoms with Crippen molar-refractivity contribution in [2.24, 2.45) is 5.41 Å². The maximum atomic E-state index is 13.6. The van der Waals surface area contributed by atoms with Gasteiger partial charge in [0, 0.05) is 35.3 Å². The minimum Gasteiger partial charge on any atom is -0.323 e. The van der Waals surface area contributed by atoms with Crippen LogP contribution in [0.4, 0.5) is 21.9 Å². The fraction of sp³-hybridized carbons (Fsp3) is 0.429. The van der Waals surface area contributed by atoms with Crippen molar-refractivity contribution >= 4 is 40.3 Å². The minimum atomic E-state index is -0.156. The van der Waals surface area contributed by atoms with Crippen LogP contribution in [0, 0.1) is 12.3 Å². The summed E-state index contributed by atoms with van der Waals surface area (Å²) in [5.74, 6) is -0.156. The standard InChI is InChI=1S/C21H24N4O2S/c1-3-23-9-8-21(11-23)12-24(13-21)20(27)25-17-7-5-4-6-16(17)22-19(26)15-10-28-14(2)18(15)25/h4-7,10H,3,8-9,11-13H2,1-2H3,(H,22,26). The minimum absolute atomic E-state index is 0.0349. The van der Waals surface area contributed by atoms with Gasteiger partial charge in [-0.2, -0.15) is 0 Å². The van der Waals surface area contributed by atoms with Crippen molar-refractivity contribution < 1.29 is 9.59 Å². The highest BCUT2D eigenvalue weighted by Gasteiger charge is 2.50. The summed E-state index contributed by atoms with van der Waals surface area (Å²) in [7, 11) is 0. The van der Waals surface area contributed by atoms with Gasteiger partial charge in [0.25, 0.3) is 5.91 Å². The molecule has 0 unspecified atom stereocenters. The Morgan fingerprint density at radius 2 is 2.04 bits per heavy atom. The average molecular weight is 397 g/mol. The van der Waals surface area contributed by atoms with Gasteiger partial charge in [0.1, 0.15) is 0 Å². The summed E-state index contributed by atoms with van der Waals surface area (Å²) in [6.07, 6.45) is 1.16. The zero-order valence-electron chi connectivity index (χ0n) is 16.2. The Hall–Kier alpha value is -2.38. The second kappa shape index (κ2) is 6.32. The number of benzene rings is 1. The van der Waals surface area contributed by atoms with Gasteiger partial charge in [-0.05, 0) is 38.6 Å². The quantitative estimate of drug-likeness (QED) is 0.795. The van der Waals surface area contributed by atoms with Crippen molar-refractivity contribution in [1.82, 2.24) is 9.80 Å². The molecule has 0 saturated carbocycles. The fourth-order valence-corrected chi connectivity index (χ4v) is 5.59. The van der Waals surface area contributed by atoms with Crippen LogP contribution in [0.1, 0.15) is 28.6 Å². The Balaban J connectivity index is 1.49. The molecule has 28 heavy (non-hydrogen) atoms. The van der Waals surface area contributed by atoms with E-state index in [-0.39, 0.29) is 17.4 Å². The van der Waals surface area contributed by atoms with Crippen LogP contribution >= 0.6 is 11.3 Å². The third-order valence-electron chi connectivity index (χ3n) is 6.28. The number of urea groups is 1. The lowest BCUT2D eigenvalue weighted by atomic mass is 9.79. The van der Waals surface area contributed by atoms with E-state index in [1.165, 1.54) is 11.3 Å². The van der Waals surface area contributed by atoms with Gasteiger partial charge >= 0.3 is 6.03 Å². The Kier molecular flexibility index (Phi) is 4.00. The molecule has 3 amide bonds. The van der Waals surface area contributed by atoms with Crippen LogP contribution in [0.3, 0.4) is 0 Å². The molecule has 0 aliphatic carbocycles. The van der Waals surface area contributed by atoms with Crippen LogP contribution in [0.2, 0.25) is 0 Å². The van der Waals surface area contributed by atoms with Gasteiger partial charge in [-0.25, -0.2) is 4.79 Å². The maximum absolute atomic E-state index is 13.6. The molecule has 0 atom stereocenters. The van der Waals surface area contributed by atoms with E-state index >= 15 is 0 Å². The third kappa shape index (κ3) is 2.57. The van der Waals surface area contributed by atoms with Crippen LogP contribution in [0.25, 0.3) is 0 Å². The Labute approximate surface area is 168 Å². The molecule has 6 nitrogen and oxygen atoms in total. The Bertz CT molecular complexity index is 963. The number of rotatable bonds is 1. The monoisotopic (exact) mass is 396 g/mol. The van der Waals surface area contributed by atoms with Crippen molar-refractivity contribution in [2.75, 3.05) is 42.9 Å². The first-order valence-corrected chi connectivity index (χ1v) is 10.7. The van der Waals surface area contributed by atoms with E-state index in [1.807, 2.05) is 41.5 Å². The van der Waals surface area contributed by atoms with Crippen LogP contribution in [0.5, 0.6) is 0 Å². The molecule has 146 valence electrons. The Morgan fingerprint density at radius 3 is 2.79 bits per heavy atom. The van der Waals surface area contributed by atoms with Crippen LogP contribution in [-0.4, -0.2) is 54.5 Å². The highest BCUT2D eigenvalue weighted by atomic mass is 32.1. The molecule has 7 heteroatoms. The zero-order valence-corrected chi connectivity index (χ0v) is 17.0. The van der Waals surface area contributed by atoms with E-state index in [0.717, 1.165) is 55.4 Å². The molecule has 4 heterocycles. The smallest absolute Gasteiger partial charge is 0.323 e. The molecule has 0 radical (unpaired) electrons. The lowest BCUT2D eigenvalue weighted by Crippen LogP contribution is -2.61. The topological polar surface area (TPSA) is 55.9 Å². The van der Waals surface area contributed by atoms with Crippen molar-refractivity contribution in [1.29, 1.82) is 0 Å². The number of likely N-dealkylation sites (tertiary alicyclic amines) is 2. The summed E-state index contributed by atoms with van der Waals surface area (Å²) in [5.41, 5.74) is 2.95. The number of para-hydroxylation sites is 2. The zero-order chi connectivity index (χ0) is 19.5. The molecule has 2 aromatic rings. The molecule has 2 saturated heterocycles. The second-order valence-corrected chi connectivity index (χ2v) is 9.20. The number of aryl methyl sites for hydroxylation is 1. The predicted molar refractivity (Wildman–Crippen MR) is 112 cm³/mol. The largest absolute Gasteiger partial charge is 0.329 e. The summed E-state index contributed by atoms with van der Waals surface area (Å²) < 4.78 is 0. The molecule has 1 N–H and O–H groups in total. The van der Waals surface area contributed by atoms with E-state index in [2.05, 4.69) is 17.1 Å². The van der Waals surface area contributed by atoms with Gasteiger partial charge < -0.3 is 15.1 Å². The second-order valence-electron chi connectivity index (χ2n) is 8.12. The number of hydrogen-bond acceptors (Lipinski definition) is 4. The van der Waals surface area contributed by atoms with Crippen LogP contribution in [-0.2, 0) is 0 Å². The molecular weight excluding hydrogens is 372 g/mol. The number of amides is 3. The Morgan fingerprint density at radius 1 is 1.25 bits per heavy atom. The van der Waals surface area contributed by atoms with Gasteiger partial charge in [-0.3, -0.25) is 9.69 Å². The number of hydrogen-bond donors (Lipinski definition) is 1. The lowest BCUT2D eigenvalue weighted by molar-refractivity contribution is 0.0429. The predicted octanol–water partition coefficient (Wildman–Crippen LogP) is 3.91. The summed E-state index contributed by atoms with van der Waals surface area (Å²) >= 11 is 1.51.